The first-order valence-electron chi connectivity index (χ1n) is 8.67. The Labute approximate surface area is 149 Å². The third-order valence-electron chi connectivity index (χ3n) is 5.25. The van der Waals surface area contributed by atoms with Gasteiger partial charge in [0.05, 0.1) is 6.04 Å². The van der Waals surface area contributed by atoms with Gasteiger partial charge in [0.2, 0.25) is 5.91 Å². The highest BCUT2D eigenvalue weighted by Crippen LogP contribution is 2.37. The molecule has 26 heavy (non-hydrogen) atoms. The van der Waals surface area contributed by atoms with E-state index in [0.29, 0.717) is 6.42 Å². The number of aromatic nitrogens is 2. The molecule has 1 aliphatic heterocycles. The van der Waals surface area contributed by atoms with Crippen LogP contribution in [0.3, 0.4) is 0 Å². The van der Waals surface area contributed by atoms with Gasteiger partial charge in [-0.3, -0.25) is 4.79 Å². The zero-order chi connectivity index (χ0) is 17.7. The van der Waals surface area contributed by atoms with Crippen molar-refractivity contribution in [1.29, 1.82) is 0 Å². The lowest BCUT2D eigenvalue weighted by Crippen LogP contribution is -2.38. The zero-order valence-corrected chi connectivity index (χ0v) is 14.0. The average molecular weight is 343 g/mol. The smallest absolute Gasteiger partial charge is 0.234 e. The van der Waals surface area contributed by atoms with Crippen LogP contribution in [0.2, 0.25) is 0 Å². The van der Waals surface area contributed by atoms with Crippen LogP contribution in [0.15, 0.2) is 54.7 Å². The van der Waals surface area contributed by atoms with Crippen LogP contribution in [-0.4, -0.2) is 28.2 Å². The minimum atomic E-state index is -0.518. The summed E-state index contributed by atoms with van der Waals surface area (Å²) in [6, 6.07) is 15.4. The van der Waals surface area contributed by atoms with Gasteiger partial charge < -0.3 is 20.1 Å². The molecule has 1 aliphatic rings. The Hall–Kier alpha value is -3.34. The number of aromatic amines is 2. The number of para-hydroxylation sites is 2. The predicted molar refractivity (Wildman–Crippen MR) is 100 cm³/mol. The standard InChI is InChI=1S/C21H17N3O2/c25-11-12-9-15-13-5-2-4-8-18(13)24-20(15)19(21(26)23-12)16-10-22-17-7-3-1-6-14(16)17/h1-8,10-12,19,22,24H,9H2,(H,23,26)/t12-,19+/m0/s1. The highest BCUT2D eigenvalue weighted by molar-refractivity contribution is 5.98. The van der Waals surface area contributed by atoms with E-state index in [-0.39, 0.29) is 5.91 Å². The molecule has 2 aromatic carbocycles. The van der Waals surface area contributed by atoms with Crippen molar-refractivity contribution in [3.05, 3.63) is 71.5 Å². The fourth-order valence-electron chi connectivity index (χ4n) is 4.07. The van der Waals surface area contributed by atoms with Crippen LogP contribution in [0.25, 0.3) is 21.8 Å². The summed E-state index contributed by atoms with van der Waals surface area (Å²) in [6.45, 7) is 0. The largest absolute Gasteiger partial charge is 0.361 e. The molecule has 0 fully saturated rings. The van der Waals surface area contributed by atoms with Gasteiger partial charge in [0.15, 0.2) is 0 Å². The monoisotopic (exact) mass is 343 g/mol. The molecule has 0 spiro atoms. The van der Waals surface area contributed by atoms with Gasteiger partial charge in [-0.2, -0.15) is 0 Å². The maximum absolute atomic E-state index is 13.1. The Kier molecular flexibility index (Phi) is 3.22. The Bertz CT molecular complexity index is 1150. The van der Waals surface area contributed by atoms with Gasteiger partial charge in [-0.15, -0.1) is 0 Å². The Morgan fingerprint density at radius 2 is 1.69 bits per heavy atom. The molecule has 4 aromatic rings. The van der Waals surface area contributed by atoms with Crippen molar-refractivity contribution in [2.24, 2.45) is 0 Å². The number of hydrogen-bond donors (Lipinski definition) is 3. The second-order valence-electron chi connectivity index (χ2n) is 6.74. The van der Waals surface area contributed by atoms with Gasteiger partial charge in [-0.25, -0.2) is 0 Å². The first kappa shape index (κ1) is 15.0. The van der Waals surface area contributed by atoms with E-state index in [1.54, 1.807) is 0 Å². The molecule has 3 N–H and O–H groups in total. The summed E-state index contributed by atoms with van der Waals surface area (Å²) in [5.74, 6) is -0.643. The normalized spacial score (nSPS) is 19.9. The summed E-state index contributed by atoms with van der Waals surface area (Å²) < 4.78 is 0. The number of benzene rings is 2. The summed E-state index contributed by atoms with van der Waals surface area (Å²) >= 11 is 0. The zero-order valence-electron chi connectivity index (χ0n) is 14.0. The first-order chi connectivity index (χ1) is 12.8. The lowest BCUT2D eigenvalue weighted by molar-refractivity contribution is -0.124. The second-order valence-corrected chi connectivity index (χ2v) is 6.74. The van der Waals surface area contributed by atoms with Crippen molar-refractivity contribution in [3.8, 4) is 0 Å². The second kappa shape index (κ2) is 5.59. The fraction of sp³-hybridized carbons (Fsp3) is 0.143. The van der Waals surface area contributed by atoms with Gasteiger partial charge in [0.1, 0.15) is 12.2 Å². The number of amides is 1. The number of carbonyl (C=O) groups excluding carboxylic acids is 2. The fourth-order valence-corrected chi connectivity index (χ4v) is 4.07. The third-order valence-corrected chi connectivity index (χ3v) is 5.25. The quantitative estimate of drug-likeness (QED) is 0.489. The van der Waals surface area contributed by atoms with Crippen molar-refractivity contribution in [2.45, 2.75) is 18.4 Å². The van der Waals surface area contributed by atoms with E-state index in [1.165, 1.54) is 0 Å². The number of hydrogen-bond acceptors (Lipinski definition) is 2. The maximum atomic E-state index is 13.1. The number of aldehydes is 1. The van der Waals surface area contributed by atoms with Gasteiger partial charge >= 0.3 is 0 Å². The Morgan fingerprint density at radius 3 is 2.50 bits per heavy atom. The SMILES string of the molecule is O=C[C@@H]1Cc2c([nH]c3ccccc23)[C@@H](c2c[nH]c3ccccc23)C(=O)N1. The minimum absolute atomic E-state index is 0.155. The average Bonchev–Trinajstić information content (AvgIpc) is 3.21. The Balaban J connectivity index is 1.79. The summed E-state index contributed by atoms with van der Waals surface area (Å²) in [5.41, 5.74) is 4.80. The molecule has 2 aromatic heterocycles. The van der Waals surface area contributed by atoms with Gasteiger partial charge in [-0.05, 0) is 23.3 Å². The van der Waals surface area contributed by atoms with Crippen molar-refractivity contribution in [2.75, 3.05) is 0 Å². The summed E-state index contributed by atoms with van der Waals surface area (Å²) in [5, 5.41) is 4.97. The summed E-state index contributed by atoms with van der Waals surface area (Å²) in [4.78, 5) is 31.3. The minimum Gasteiger partial charge on any atom is -0.361 e. The maximum Gasteiger partial charge on any atom is 0.234 e. The van der Waals surface area contributed by atoms with Gasteiger partial charge in [-0.1, -0.05) is 36.4 Å². The van der Waals surface area contributed by atoms with Gasteiger partial charge in [0.25, 0.3) is 0 Å². The Morgan fingerprint density at radius 1 is 0.962 bits per heavy atom. The van der Waals surface area contributed by atoms with Crippen LogP contribution >= 0.6 is 0 Å². The van der Waals surface area contributed by atoms with Crippen LogP contribution in [0.4, 0.5) is 0 Å². The summed E-state index contributed by atoms with van der Waals surface area (Å²) in [6.07, 6.45) is 3.21. The van der Waals surface area contributed by atoms with E-state index in [2.05, 4.69) is 15.3 Å². The molecule has 5 rings (SSSR count). The molecular formula is C21H17N3O2. The van der Waals surface area contributed by atoms with Crippen LogP contribution in [-0.2, 0) is 16.0 Å². The number of carbonyl (C=O) groups is 2. The number of fused-ring (bicyclic) bond motifs is 4. The molecule has 128 valence electrons. The molecule has 0 unspecified atom stereocenters. The highest BCUT2D eigenvalue weighted by Gasteiger charge is 2.34. The topological polar surface area (TPSA) is 77.8 Å². The van der Waals surface area contributed by atoms with E-state index >= 15 is 0 Å². The van der Waals surface area contributed by atoms with E-state index < -0.39 is 12.0 Å². The predicted octanol–water partition coefficient (Wildman–Crippen LogP) is 3.02. The number of rotatable bonds is 2. The molecule has 0 radical (unpaired) electrons. The molecule has 0 saturated heterocycles. The van der Waals surface area contributed by atoms with Crippen molar-refractivity contribution < 1.29 is 9.59 Å². The molecular weight excluding hydrogens is 326 g/mol. The third kappa shape index (κ3) is 2.10. The van der Waals surface area contributed by atoms with Crippen LogP contribution in [0, 0.1) is 0 Å². The molecule has 3 heterocycles. The van der Waals surface area contributed by atoms with Crippen LogP contribution in [0.5, 0.6) is 0 Å². The molecule has 5 nitrogen and oxygen atoms in total. The number of nitrogens with one attached hydrogen (secondary N) is 3. The van der Waals surface area contributed by atoms with Crippen molar-refractivity contribution in [1.82, 2.24) is 15.3 Å². The molecule has 0 saturated carbocycles. The van der Waals surface area contributed by atoms with Crippen molar-refractivity contribution in [3.63, 3.8) is 0 Å². The van der Waals surface area contributed by atoms with E-state index in [1.807, 2.05) is 54.7 Å². The van der Waals surface area contributed by atoms with E-state index in [0.717, 1.165) is 44.9 Å². The van der Waals surface area contributed by atoms with Crippen LogP contribution < -0.4 is 5.32 Å². The highest BCUT2D eigenvalue weighted by atomic mass is 16.2. The van der Waals surface area contributed by atoms with Crippen LogP contribution in [0.1, 0.15) is 22.7 Å². The molecule has 2 atom stereocenters. The van der Waals surface area contributed by atoms with E-state index in [4.69, 9.17) is 0 Å². The first-order valence-corrected chi connectivity index (χ1v) is 8.67. The summed E-state index contributed by atoms with van der Waals surface area (Å²) in [7, 11) is 0. The van der Waals surface area contributed by atoms with E-state index in [9.17, 15) is 9.59 Å². The molecule has 0 bridgehead atoms. The van der Waals surface area contributed by atoms with Crippen molar-refractivity contribution >= 4 is 34.0 Å². The molecule has 0 aliphatic carbocycles. The lowest BCUT2D eigenvalue weighted by atomic mass is 9.91. The lowest BCUT2D eigenvalue weighted by Gasteiger charge is -2.14. The van der Waals surface area contributed by atoms with Gasteiger partial charge in [0, 0.05) is 40.1 Å². The molecule has 5 heteroatoms. The number of H-pyrrole nitrogens is 2. The molecule has 1 amide bonds.